The van der Waals surface area contributed by atoms with E-state index < -0.39 is 0 Å². The van der Waals surface area contributed by atoms with Crippen molar-refractivity contribution in [3.8, 4) is 11.5 Å². The predicted molar refractivity (Wildman–Crippen MR) is 100 cm³/mol. The first-order valence-electron chi connectivity index (χ1n) is 7.82. The molecule has 0 atom stereocenters. The van der Waals surface area contributed by atoms with Crippen molar-refractivity contribution in [2.24, 2.45) is 11.5 Å². The molecule has 130 valence electrons. The Hall–Kier alpha value is -3.28. The Labute approximate surface area is 147 Å². The maximum absolute atomic E-state index is 7.23. The summed E-state index contributed by atoms with van der Waals surface area (Å²) in [4.78, 5) is 0. The summed E-state index contributed by atoms with van der Waals surface area (Å²) in [6, 6.07) is 15.0. The van der Waals surface area contributed by atoms with E-state index in [0.717, 1.165) is 17.5 Å². The number of nitrogens with two attached hydrogens (primary N) is 2. The number of hydrogen-bond acceptors (Lipinski definition) is 4. The van der Waals surface area contributed by atoms with Crippen LogP contribution in [0.25, 0.3) is 6.08 Å². The highest BCUT2D eigenvalue weighted by Gasteiger charge is 1.99. The predicted octanol–water partition coefficient (Wildman–Crippen LogP) is 2.92. The zero-order chi connectivity index (χ0) is 18.1. The molecule has 0 fully saturated rings. The summed E-state index contributed by atoms with van der Waals surface area (Å²) in [5.74, 6) is 1.61. The monoisotopic (exact) mass is 338 g/mol. The quantitative estimate of drug-likeness (QED) is 0.319. The minimum absolute atomic E-state index is 0.0149. The van der Waals surface area contributed by atoms with Gasteiger partial charge in [-0.25, -0.2) is 0 Å². The van der Waals surface area contributed by atoms with Gasteiger partial charge in [0.1, 0.15) is 17.3 Å². The van der Waals surface area contributed by atoms with E-state index in [1.54, 1.807) is 6.08 Å². The van der Waals surface area contributed by atoms with Gasteiger partial charge in [0.15, 0.2) is 0 Å². The zero-order valence-electron chi connectivity index (χ0n) is 13.9. The molecule has 0 saturated heterocycles. The van der Waals surface area contributed by atoms with Crippen LogP contribution in [0.4, 0.5) is 0 Å². The summed E-state index contributed by atoms with van der Waals surface area (Å²) in [5, 5.41) is 14.4. The number of aryl methyl sites for hydroxylation is 1. The number of rotatable bonds is 9. The Kier molecular flexibility index (Phi) is 6.59. The van der Waals surface area contributed by atoms with Crippen LogP contribution in [0.1, 0.15) is 17.5 Å². The lowest BCUT2D eigenvalue weighted by molar-refractivity contribution is 0.120. The Bertz CT molecular complexity index is 737. The molecule has 25 heavy (non-hydrogen) atoms. The van der Waals surface area contributed by atoms with Gasteiger partial charge in [-0.1, -0.05) is 30.3 Å². The lowest BCUT2D eigenvalue weighted by Gasteiger charge is -2.09. The lowest BCUT2D eigenvalue weighted by atomic mass is 10.1. The molecule has 0 heterocycles. The van der Waals surface area contributed by atoms with Gasteiger partial charge in [0.25, 0.3) is 0 Å². The molecule has 2 aromatic rings. The highest BCUT2D eigenvalue weighted by Crippen LogP contribution is 2.16. The highest BCUT2D eigenvalue weighted by molar-refractivity contribution is 5.92. The Balaban J connectivity index is 1.78. The molecule has 0 aliphatic heterocycles. The van der Waals surface area contributed by atoms with Crippen molar-refractivity contribution < 1.29 is 9.47 Å². The first-order valence-corrected chi connectivity index (χ1v) is 7.82. The topological polar surface area (TPSA) is 118 Å². The molecule has 6 N–H and O–H groups in total. The van der Waals surface area contributed by atoms with E-state index in [2.05, 4.69) is 0 Å². The van der Waals surface area contributed by atoms with Crippen molar-refractivity contribution in [1.82, 2.24) is 0 Å². The second-order valence-electron chi connectivity index (χ2n) is 5.43. The van der Waals surface area contributed by atoms with Gasteiger partial charge in [-0.3, -0.25) is 10.8 Å². The van der Waals surface area contributed by atoms with Crippen LogP contribution in [0.5, 0.6) is 11.5 Å². The third-order valence-electron chi connectivity index (χ3n) is 3.39. The molecule has 0 aromatic heterocycles. The zero-order valence-corrected chi connectivity index (χ0v) is 13.9. The number of ether oxygens (including phenoxy) is 2. The smallest absolute Gasteiger partial charge is 0.230 e. The van der Waals surface area contributed by atoms with Crippen molar-refractivity contribution in [1.29, 1.82) is 10.8 Å². The molecule has 0 unspecified atom stereocenters. The molecular weight excluding hydrogens is 316 g/mol. The van der Waals surface area contributed by atoms with E-state index in [-0.39, 0.29) is 18.5 Å². The highest BCUT2D eigenvalue weighted by atomic mass is 16.7. The van der Waals surface area contributed by atoms with Crippen molar-refractivity contribution in [3.63, 3.8) is 0 Å². The fourth-order valence-corrected chi connectivity index (χ4v) is 2.06. The summed E-state index contributed by atoms with van der Waals surface area (Å²) < 4.78 is 11.1. The largest absolute Gasteiger partial charge is 0.458 e. The van der Waals surface area contributed by atoms with Crippen LogP contribution in [-0.4, -0.2) is 18.5 Å². The van der Waals surface area contributed by atoms with Gasteiger partial charge in [0.05, 0.1) is 5.84 Å². The fourth-order valence-electron chi connectivity index (χ4n) is 2.06. The first kappa shape index (κ1) is 18.1. The van der Waals surface area contributed by atoms with E-state index in [9.17, 15) is 0 Å². The summed E-state index contributed by atoms with van der Waals surface area (Å²) in [5.41, 5.74) is 12.7. The second-order valence-corrected chi connectivity index (χ2v) is 5.43. The van der Waals surface area contributed by atoms with Crippen LogP contribution >= 0.6 is 0 Å². The standard InChI is InChI=1S/C19H22N4O2/c20-18(21)11-5-14-1-7-16(8-2-14)24-13-25-17-9-3-15(4-10-17)6-12-19(22)23/h1-5,7-11H,6,12-13H2,(H3,20,21)(H3,22,23). The molecule has 2 aromatic carbocycles. The summed E-state index contributed by atoms with van der Waals surface area (Å²) in [7, 11) is 0. The van der Waals surface area contributed by atoms with E-state index >= 15 is 0 Å². The summed E-state index contributed by atoms with van der Waals surface area (Å²) >= 11 is 0. The molecule has 0 radical (unpaired) electrons. The molecule has 6 heteroatoms. The van der Waals surface area contributed by atoms with Gasteiger partial charge in [0.2, 0.25) is 6.79 Å². The number of nitrogens with one attached hydrogen (secondary N) is 2. The van der Waals surface area contributed by atoms with Gasteiger partial charge in [-0.05, 0) is 47.9 Å². The van der Waals surface area contributed by atoms with Crippen LogP contribution in [0, 0.1) is 10.8 Å². The van der Waals surface area contributed by atoms with E-state index in [0.29, 0.717) is 17.9 Å². The molecule has 0 aliphatic rings. The average molecular weight is 338 g/mol. The van der Waals surface area contributed by atoms with Crippen molar-refractivity contribution >= 4 is 17.7 Å². The third-order valence-corrected chi connectivity index (χ3v) is 3.39. The minimum atomic E-state index is 0.0149. The van der Waals surface area contributed by atoms with Crippen LogP contribution in [0.3, 0.4) is 0 Å². The van der Waals surface area contributed by atoms with Gasteiger partial charge >= 0.3 is 0 Å². The van der Waals surface area contributed by atoms with Crippen LogP contribution < -0.4 is 20.9 Å². The minimum Gasteiger partial charge on any atom is -0.458 e. The molecule has 6 nitrogen and oxygen atoms in total. The third kappa shape index (κ3) is 6.78. The Morgan fingerprint density at radius 2 is 1.44 bits per heavy atom. The van der Waals surface area contributed by atoms with Crippen molar-refractivity contribution in [2.75, 3.05) is 6.79 Å². The van der Waals surface area contributed by atoms with Crippen LogP contribution in [0.15, 0.2) is 54.6 Å². The normalized spacial score (nSPS) is 10.6. The number of benzene rings is 2. The summed E-state index contributed by atoms with van der Waals surface area (Å²) in [6.07, 6.45) is 4.59. The number of hydrogen-bond donors (Lipinski definition) is 4. The van der Waals surface area contributed by atoms with Gasteiger partial charge in [-0.2, -0.15) is 0 Å². The van der Waals surface area contributed by atoms with Crippen molar-refractivity contribution in [2.45, 2.75) is 12.8 Å². The van der Waals surface area contributed by atoms with Crippen LogP contribution in [-0.2, 0) is 6.42 Å². The van der Waals surface area contributed by atoms with Crippen LogP contribution in [0.2, 0.25) is 0 Å². The van der Waals surface area contributed by atoms with Gasteiger partial charge in [-0.15, -0.1) is 0 Å². The molecule has 0 amide bonds. The maximum Gasteiger partial charge on any atom is 0.230 e. The van der Waals surface area contributed by atoms with E-state index in [1.807, 2.05) is 48.5 Å². The Morgan fingerprint density at radius 3 is 1.96 bits per heavy atom. The lowest BCUT2D eigenvalue weighted by Crippen LogP contribution is -2.10. The molecule has 2 rings (SSSR count). The van der Waals surface area contributed by atoms with Gasteiger partial charge in [0, 0.05) is 6.42 Å². The second kappa shape index (κ2) is 9.12. The average Bonchev–Trinajstić information content (AvgIpc) is 2.60. The number of amidine groups is 2. The maximum atomic E-state index is 7.23. The fraction of sp³-hybridized carbons (Fsp3) is 0.158. The molecule has 0 saturated carbocycles. The molecule has 0 spiro atoms. The summed E-state index contributed by atoms with van der Waals surface area (Å²) in [6.45, 7) is 0.107. The molecule has 0 bridgehead atoms. The molecule has 0 aliphatic carbocycles. The molecular formula is C19H22N4O2. The van der Waals surface area contributed by atoms with Gasteiger partial charge < -0.3 is 20.9 Å². The SMILES string of the molecule is N=C(N)C=Cc1ccc(OCOc2ccc(CCC(=N)N)cc2)cc1. The van der Waals surface area contributed by atoms with E-state index in [1.165, 1.54) is 6.08 Å². The first-order chi connectivity index (χ1) is 12.0. The Morgan fingerprint density at radius 1 is 0.880 bits per heavy atom. The van der Waals surface area contributed by atoms with Crippen molar-refractivity contribution in [3.05, 3.63) is 65.7 Å². The van der Waals surface area contributed by atoms with E-state index in [4.69, 9.17) is 31.8 Å².